The summed E-state index contributed by atoms with van der Waals surface area (Å²) < 4.78 is 14.0. The Balaban J connectivity index is 2.03. The van der Waals surface area contributed by atoms with E-state index in [1.165, 1.54) is 23.5 Å². The molecule has 2 rings (SSSR count). The predicted octanol–water partition coefficient (Wildman–Crippen LogP) is 3.19. The lowest BCUT2D eigenvalue weighted by Crippen LogP contribution is -2.22. The minimum Gasteiger partial charge on any atom is -0.359 e. The van der Waals surface area contributed by atoms with E-state index in [2.05, 4.69) is 36.2 Å². The fourth-order valence-corrected chi connectivity index (χ4v) is 2.70. The molecule has 0 radical (unpaired) electrons. The molecule has 98 valence electrons. The monoisotopic (exact) mass is 267 g/mol. The van der Waals surface area contributed by atoms with Crippen LogP contribution in [-0.2, 0) is 0 Å². The number of aromatic nitrogens is 1. The molecule has 18 heavy (non-hydrogen) atoms. The molecule has 3 nitrogen and oxygen atoms in total. The fourth-order valence-electron chi connectivity index (χ4n) is 1.69. The molecule has 1 aromatic carbocycles. The second kappa shape index (κ2) is 5.63. The van der Waals surface area contributed by atoms with Gasteiger partial charge in [0.1, 0.15) is 5.82 Å². The first-order valence-corrected chi connectivity index (χ1v) is 6.83. The molecule has 5 heteroatoms. The number of thiazole rings is 1. The van der Waals surface area contributed by atoms with E-state index >= 15 is 0 Å². The highest BCUT2D eigenvalue weighted by Crippen LogP contribution is 2.27. The Morgan fingerprint density at radius 3 is 2.94 bits per heavy atom. The fraction of sp³-hybridized carbons (Fsp3) is 0.462. The van der Waals surface area contributed by atoms with Crippen LogP contribution in [0.25, 0.3) is 10.2 Å². The molecule has 2 aromatic rings. The molecule has 0 aliphatic carbocycles. The first-order chi connectivity index (χ1) is 8.54. The van der Waals surface area contributed by atoms with Gasteiger partial charge in [0, 0.05) is 6.04 Å². The normalized spacial score (nSPS) is 13.2. The molecule has 0 fully saturated rings. The van der Waals surface area contributed by atoms with Crippen LogP contribution in [0.15, 0.2) is 18.2 Å². The van der Waals surface area contributed by atoms with Crippen LogP contribution in [0.5, 0.6) is 0 Å². The van der Waals surface area contributed by atoms with Crippen LogP contribution in [0.4, 0.5) is 9.52 Å². The van der Waals surface area contributed by atoms with Crippen LogP contribution in [0, 0.1) is 5.82 Å². The lowest BCUT2D eigenvalue weighted by atomic mass is 10.2. The Morgan fingerprint density at radius 2 is 2.22 bits per heavy atom. The average Bonchev–Trinajstić information content (AvgIpc) is 2.67. The van der Waals surface area contributed by atoms with Crippen LogP contribution >= 0.6 is 11.3 Å². The first-order valence-electron chi connectivity index (χ1n) is 6.02. The number of anilines is 1. The zero-order valence-corrected chi connectivity index (χ0v) is 11.7. The molecule has 0 amide bonds. The summed E-state index contributed by atoms with van der Waals surface area (Å²) in [5.41, 5.74) is 0.851. The molecule has 0 saturated heterocycles. The van der Waals surface area contributed by atoms with Crippen molar-refractivity contribution in [3.8, 4) is 0 Å². The van der Waals surface area contributed by atoms with Crippen LogP contribution in [0.1, 0.15) is 13.3 Å². The molecular weight excluding hydrogens is 249 g/mol. The molecule has 0 spiro atoms. The topological polar surface area (TPSA) is 28.2 Å². The highest BCUT2D eigenvalue weighted by atomic mass is 32.1. The van der Waals surface area contributed by atoms with Gasteiger partial charge in [-0.05, 0) is 52.2 Å². The van der Waals surface area contributed by atoms with Gasteiger partial charge in [-0.15, -0.1) is 0 Å². The summed E-state index contributed by atoms with van der Waals surface area (Å²) in [6, 6.07) is 5.05. The lowest BCUT2D eigenvalue weighted by molar-refractivity contribution is 0.390. The molecule has 0 aliphatic rings. The Labute approximate surface area is 111 Å². The van der Waals surface area contributed by atoms with Crippen LogP contribution in [-0.4, -0.2) is 36.6 Å². The van der Waals surface area contributed by atoms with E-state index in [-0.39, 0.29) is 5.82 Å². The molecule has 1 atom stereocenters. The van der Waals surface area contributed by atoms with Crippen molar-refractivity contribution in [3.05, 3.63) is 24.0 Å². The summed E-state index contributed by atoms with van der Waals surface area (Å²) >= 11 is 1.50. The Bertz CT molecular complexity index is 524. The highest BCUT2D eigenvalue weighted by molar-refractivity contribution is 7.22. The van der Waals surface area contributed by atoms with E-state index in [9.17, 15) is 4.39 Å². The second-order valence-corrected chi connectivity index (χ2v) is 5.80. The smallest absolute Gasteiger partial charge is 0.184 e. The summed E-state index contributed by atoms with van der Waals surface area (Å²) in [5.74, 6) is -0.210. The number of hydrogen-bond acceptors (Lipinski definition) is 4. The maximum absolute atomic E-state index is 13.1. The van der Waals surface area contributed by atoms with Gasteiger partial charge in [-0.25, -0.2) is 9.37 Å². The van der Waals surface area contributed by atoms with Gasteiger partial charge < -0.3 is 10.2 Å². The van der Waals surface area contributed by atoms with Crippen molar-refractivity contribution in [2.75, 3.05) is 26.0 Å². The minimum absolute atomic E-state index is 0.210. The van der Waals surface area contributed by atoms with Crippen molar-refractivity contribution < 1.29 is 4.39 Å². The third-order valence-corrected chi connectivity index (χ3v) is 3.68. The van der Waals surface area contributed by atoms with Crippen LogP contribution in [0.3, 0.4) is 0 Å². The Kier molecular flexibility index (Phi) is 4.14. The molecule has 1 heterocycles. The molecule has 1 aromatic heterocycles. The van der Waals surface area contributed by atoms with Gasteiger partial charge in [-0.1, -0.05) is 11.3 Å². The number of halogens is 1. The van der Waals surface area contributed by atoms with Crippen molar-refractivity contribution >= 4 is 26.7 Å². The van der Waals surface area contributed by atoms with Gasteiger partial charge in [0.25, 0.3) is 0 Å². The number of fused-ring (bicyclic) bond motifs is 1. The largest absolute Gasteiger partial charge is 0.359 e. The predicted molar refractivity (Wildman–Crippen MR) is 75.8 cm³/mol. The van der Waals surface area contributed by atoms with Crippen molar-refractivity contribution in [2.45, 2.75) is 19.4 Å². The Hall–Kier alpha value is -1.20. The van der Waals surface area contributed by atoms with Crippen LogP contribution in [0.2, 0.25) is 0 Å². The highest BCUT2D eigenvalue weighted by Gasteiger charge is 2.08. The zero-order chi connectivity index (χ0) is 13.1. The first kappa shape index (κ1) is 13.2. The van der Waals surface area contributed by atoms with Gasteiger partial charge in [0.15, 0.2) is 5.13 Å². The zero-order valence-electron chi connectivity index (χ0n) is 10.9. The van der Waals surface area contributed by atoms with E-state index in [4.69, 9.17) is 0 Å². The van der Waals surface area contributed by atoms with Gasteiger partial charge in [0.2, 0.25) is 0 Å². The molecule has 0 bridgehead atoms. The standard InChI is InChI=1S/C13H18FN3S/c1-9(6-7-17(2)3)15-13-16-11-5-4-10(14)8-12(11)18-13/h4-5,8-9H,6-7H2,1-3H3,(H,15,16). The summed E-state index contributed by atoms with van der Waals surface area (Å²) in [4.78, 5) is 6.61. The molecule has 1 N–H and O–H groups in total. The molecular formula is C13H18FN3S. The van der Waals surface area contributed by atoms with Crippen molar-refractivity contribution in [3.63, 3.8) is 0 Å². The maximum atomic E-state index is 13.1. The second-order valence-electron chi connectivity index (χ2n) is 4.77. The van der Waals surface area contributed by atoms with E-state index in [0.29, 0.717) is 6.04 Å². The number of nitrogens with one attached hydrogen (secondary N) is 1. The Morgan fingerprint density at radius 1 is 1.44 bits per heavy atom. The van der Waals surface area contributed by atoms with Crippen LogP contribution < -0.4 is 5.32 Å². The number of hydrogen-bond donors (Lipinski definition) is 1. The number of benzene rings is 1. The molecule has 1 unspecified atom stereocenters. The van der Waals surface area contributed by atoms with Crippen molar-refractivity contribution in [1.82, 2.24) is 9.88 Å². The number of nitrogens with zero attached hydrogens (tertiary/aromatic N) is 2. The van der Waals surface area contributed by atoms with Crippen molar-refractivity contribution in [1.29, 1.82) is 0 Å². The molecule has 0 saturated carbocycles. The summed E-state index contributed by atoms with van der Waals surface area (Å²) in [7, 11) is 4.13. The van der Waals surface area contributed by atoms with Crippen molar-refractivity contribution in [2.24, 2.45) is 0 Å². The van der Waals surface area contributed by atoms with Gasteiger partial charge in [0.05, 0.1) is 10.2 Å². The lowest BCUT2D eigenvalue weighted by Gasteiger charge is -2.15. The summed E-state index contributed by atoms with van der Waals surface area (Å²) in [6.07, 6.45) is 1.05. The maximum Gasteiger partial charge on any atom is 0.184 e. The summed E-state index contributed by atoms with van der Waals surface area (Å²) in [5, 5.41) is 4.23. The minimum atomic E-state index is -0.210. The van der Waals surface area contributed by atoms with Gasteiger partial charge >= 0.3 is 0 Å². The number of rotatable bonds is 5. The van der Waals surface area contributed by atoms with E-state index < -0.39 is 0 Å². The van der Waals surface area contributed by atoms with E-state index in [0.717, 1.165) is 28.3 Å². The molecule has 0 aliphatic heterocycles. The van der Waals surface area contributed by atoms with Gasteiger partial charge in [-0.3, -0.25) is 0 Å². The third kappa shape index (κ3) is 3.40. The summed E-state index contributed by atoms with van der Waals surface area (Å²) in [6.45, 7) is 3.17. The van der Waals surface area contributed by atoms with E-state index in [1.807, 2.05) is 0 Å². The van der Waals surface area contributed by atoms with E-state index in [1.54, 1.807) is 6.07 Å². The quantitative estimate of drug-likeness (QED) is 0.901. The SMILES string of the molecule is CC(CCN(C)C)Nc1nc2ccc(F)cc2s1. The average molecular weight is 267 g/mol. The third-order valence-electron chi connectivity index (χ3n) is 2.73. The van der Waals surface area contributed by atoms with Gasteiger partial charge in [-0.2, -0.15) is 0 Å².